The van der Waals surface area contributed by atoms with Gasteiger partial charge in [0.1, 0.15) is 0 Å². The van der Waals surface area contributed by atoms with Crippen LogP contribution in [0.5, 0.6) is 0 Å². The molecular weight excluding hydrogens is 276 g/mol. The molecule has 5 heteroatoms. The van der Waals surface area contributed by atoms with Crippen molar-refractivity contribution in [2.75, 3.05) is 52.9 Å². The number of nitrogens with zero attached hydrogens (tertiary/aromatic N) is 3. The molecule has 2 rings (SSSR count). The van der Waals surface area contributed by atoms with Crippen molar-refractivity contribution in [3.05, 3.63) is 0 Å². The quantitative estimate of drug-likeness (QED) is 0.712. The van der Waals surface area contributed by atoms with E-state index >= 15 is 0 Å². The van der Waals surface area contributed by atoms with Crippen LogP contribution in [0.2, 0.25) is 0 Å². The SMILES string of the molecule is CNCCCC(=O)N1CCN(CCN2C(C)CCC2C)CC1. The molecule has 0 saturated carbocycles. The molecule has 2 unspecified atom stereocenters. The molecule has 128 valence electrons. The highest BCUT2D eigenvalue weighted by atomic mass is 16.2. The molecule has 22 heavy (non-hydrogen) atoms. The van der Waals surface area contributed by atoms with Gasteiger partial charge in [-0.25, -0.2) is 0 Å². The number of hydrogen-bond acceptors (Lipinski definition) is 4. The topological polar surface area (TPSA) is 38.8 Å². The lowest BCUT2D eigenvalue weighted by Gasteiger charge is -2.36. The summed E-state index contributed by atoms with van der Waals surface area (Å²) in [6, 6.07) is 1.48. The Morgan fingerprint density at radius 3 is 2.27 bits per heavy atom. The first-order valence-electron chi connectivity index (χ1n) is 9.02. The molecule has 0 aromatic heterocycles. The number of hydrogen-bond donors (Lipinski definition) is 1. The molecule has 0 bridgehead atoms. The van der Waals surface area contributed by atoms with E-state index < -0.39 is 0 Å². The lowest BCUT2D eigenvalue weighted by atomic mass is 10.2. The van der Waals surface area contributed by atoms with Crippen LogP contribution in [0.15, 0.2) is 0 Å². The Hall–Kier alpha value is -0.650. The van der Waals surface area contributed by atoms with Gasteiger partial charge in [-0.1, -0.05) is 0 Å². The zero-order chi connectivity index (χ0) is 15.9. The third-order valence-electron chi connectivity index (χ3n) is 5.35. The molecule has 2 aliphatic heterocycles. The number of carbonyl (C=O) groups is 1. The normalized spacial score (nSPS) is 27.5. The number of piperazine rings is 1. The fourth-order valence-corrected chi connectivity index (χ4v) is 3.74. The highest BCUT2D eigenvalue weighted by molar-refractivity contribution is 5.76. The minimum atomic E-state index is 0.330. The lowest BCUT2D eigenvalue weighted by Crippen LogP contribution is -2.50. The summed E-state index contributed by atoms with van der Waals surface area (Å²) in [6.45, 7) is 11.8. The van der Waals surface area contributed by atoms with Crippen molar-refractivity contribution >= 4 is 5.91 Å². The number of rotatable bonds is 7. The highest BCUT2D eigenvalue weighted by Gasteiger charge is 2.28. The summed E-state index contributed by atoms with van der Waals surface area (Å²) in [5.41, 5.74) is 0. The second-order valence-electron chi connectivity index (χ2n) is 6.94. The van der Waals surface area contributed by atoms with Gasteiger partial charge in [0.05, 0.1) is 0 Å². The Kier molecular flexibility index (Phi) is 7.12. The summed E-state index contributed by atoms with van der Waals surface area (Å²) < 4.78 is 0. The Bertz CT molecular complexity index is 332. The molecule has 2 aliphatic rings. The zero-order valence-electron chi connectivity index (χ0n) is 14.7. The van der Waals surface area contributed by atoms with Crippen molar-refractivity contribution < 1.29 is 4.79 Å². The van der Waals surface area contributed by atoms with Crippen molar-refractivity contribution in [2.24, 2.45) is 0 Å². The van der Waals surface area contributed by atoms with Gasteiger partial charge in [-0.3, -0.25) is 14.6 Å². The predicted octanol–water partition coefficient (Wildman–Crippen LogP) is 1.00. The third kappa shape index (κ3) is 4.93. The first kappa shape index (κ1) is 17.7. The summed E-state index contributed by atoms with van der Waals surface area (Å²) in [7, 11) is 1.94. The summed E-state index contributed by atoms with van der Waals surface area (Å²) in [5, 5.41) is 3.10. The largest absolute Gasteiger partial charge is 0.340 e. The van der Waals surface area contributed by atoms with E-state index in [1.54, 1.807) is 0 Å². The minimum Gasteiger partial charge on any atom is -0.340 e. The average molecular weight is 310 g/mol. The molecule has 2 atom stereocenters. The molecule has 0 aliphatic carbocycles. The van der Waals surface area contributed by atoms with Crippen LogP contribution in [0.3, 0.4) is 0 Å². The van der Waals surface area contributed by atoms with Crippen molar-refractivity contribution in [1.29, 1.82) is 0 Å². The van der Waals surface area contributed by atoms with Gasteiger partial charge in [0.25, 0.3) is 0 Å². The van der Waals surface area contributed by atoms with E-state index in [0.29, 0.717) is 12.3 Å². The van der Waals surface area contributed by atoms with Crippen LogP contribution < -0.4 is 5.32 Å². The van der Waals surface area contributed by atoms with Crippen LogP contribution in [-0.2, 0) is 4.79 Å². The molecule has 0 radical (unpaired) electrons. The molecule has 0 aromatic rings. The molecule has 0 spiro atoms. The minimum absolute atomic E-state index is 0.330. The molecule has 1 amide bonds. The van der Waals surface area contributed by atoms with Crippen LogP contribution in [0, 0.1) is 0 Å². The van der Waals surface area contributed by atoms with Gasteiger partial charge in [0, 0.05) is 57.8 Å². The van der Waals surface area contributed by atoms with Gasteiger partial charge in [-0.05, 0) is 46.7 Å². The maximum absolute atomic E-state index is 12.1. The Morgan fingerprint density at radius 2 is 1.68 bits per heavy atom. The highest BCUT2D eigenvalue weighted by Crippen LogP contribution is 2.22. The maximum Gasteiger partial charge on any atom is 0.222 e. The predicted molar refractivity (Wildman–Crippen MR) is 91.0 cm³/mol. The Morgan fingerprint density at radius 1 is 1.05 bits per heavy atom. The van der Waals surface area contributed by atoms with Crippen LogP contribution in [-0.4, -0.2) is 85.6 Å². The van der Waals surface area contributed by atoms with Gasteiger partial charge in [-0.15, -0.1) is 0 Å². The van der Waals surface area contributed by atoms with Crippen molar-refractivity contribution in [1.82, 2.24) is 20.0 Å². The van der Waals surface area contributed by atoms with Gasteiger partial charge < -0.3 is 10.2 Å². The molecular formula is C17H34N4O. The summed E-state index contributed by atoms with van der Waals surface area (Å²) in [4.78, 5) is 19.3. The molecule has 2 saturated heterocycles. The Balaban J connectivity index is 1.63. The first-order valence-corrected chi connectivity index (χ1v) is 9.02. The van der Waals surface area contributed by atoms with E-state index in [1.165, 1.54) is 19.4 Å². The van der Waals surface area contributed by atoms with Crippen LogP contribution in [0.4, 0.5) is 0 Å². The van der Waals surface area contributed by atoms with Crippen LogP contribution >= 0.6 is 0 Å². The van der Waals surface area contributed by atoms with E-state index in [-0.39, 0.29) is 0 Å². The third-order valence-corrected chi connectivity index (χ3v) is 5.35. The fraction of sp³-hybridized carbons (Fsp3) is 0.941. The van der Waals surface area contributed by atoms with E-state index in [1.807, 2.05) is 11.9 Å². The molecule has 1 N–H and O–H groups in total. The van der Waals surface area contributed by atoms with Crippen molar-refractivity contribution in [2.45, 2.75) is 51.6 Å². The molecule has 2 fully saturated rings. The lowest BCUT2D eigenvalue weighted by molar-refractivity contribution is -0.133. The maximum atomic E-state index is 12.1. The average Bonchev–Trinajstić information content (AvgIpc) is 2.84. The van der Waals surface area contributed by atoms with Gasteiger partial charge >= 0.3 is 0 Å². The monoisotopic (exact) mass is 310 g/mol. The van der Waals surface area contributed by atoms with Crippen molar-refractivity contribution in [3.63, 3.8) is 0 Å². The smallest absolute Gasteiger partial charge is 0.222 e. The van der Waals surface area contributed by atoms with E-state index in [0.717, 1.165) is 57.8 Å². The number of amides is 1. The standard InChI is InChI=1S/C17H34N4O/c1-15-6-7-16(2)21(15)14-11-19-9-12-20(13-10-19)17(22)5-4-8-18-3/h15-16,18H,4-14H2,1-3H3. The zero-order valence-corrected chi connectivity index (χ0v) is 14.7. The molecule has 5 nitrogen and oxygen atoms in total. The second-order valence-corrected chi connectivity index (χ2v) is 6.94. The Labute approximate surface area is 136 Å². The van der Waals surface area contributed by atoms with E-state index in [2.05, 4.69) is 29.0 Å². The van der Waals surface area contributed by atoms with E-state index in [4.69, 9.17) is 0 Å². The van der Waals surface area contributed by atoms with Gasteiger partial charge in [-0.2, -0.15) is 0 Å². The van der Waals surface area contributed by atoms with Crippen molar-refractivity contribution in [3.8, 4) is 0 Å². The first-order chi connectivity index (χ1) is 10.6. The van der Waals surface area contributed by atoms with E-state index in [9.17, 15) is 4.79 Å². The molecule has 2 heterocycles. The second kappa shape index (κ2) is 8.85. The number of nitrogens with one attached hydrogen (secondary N) is 1. The fourth-order valence-electron chi connectivity index (χ4n) is 3.74. The summed E-state index contributed by atoms with van der Waals surface area (Å²) in [5.74, 6) is 0.330. The number of likely N-dealkylation sites (tertiary alicyclic amines) is 1. The molecule has 0 aromatic carbocycles. The summed E-state index contributed by atoms with van der Waals surface area (Å²) in [6.07, 6.45) is 4.32. The van der Waals surface area contributed by atoms with Crippen LogP contribution in [0.1, 0.15) is 39.5 Å². The summed E-state index contributed by atoms with van der Waals surface area (Å²) >= 11 is 0. The number of carbonyl (C=O) groups excluding carboxylic acids is 1. The van der Waals surface area contributed by atoms with Gasteiger partial charge in [0.2, 0.25) is 5.91 Å². The van der Waals surface area contributed by atoms with Gasteiger partial charge in [0.15, 0.2) is 0 Å². The van der Waals surface area contributed by atoms with Crippen LogP contribution in [0.25, 0.3) is 0 Å².